The van der Waals surface area contributed by atoms with Gasteiger partial charge in [0.05, 0.1) is 10.5 Å². The Labute approximate surface area is 179 Å². The topological polar surface area (TPSA) is 78.2 Å². The van der Waals surface area contributed by atoms with Gasteiger partial charge in [-0.05, 0) is 54.4 Å². The van der Waals surface area contributed by atoms with Gasteiger partial charge < -0.3 is 20.3 Å². The zero-order valence-electron chi connectivity index (χ0n) is 16.6. The number of hydroxylamine groups is 1. The standard InChI is InChI=1S/C22H24BrN3O3/c1-22(2,3)29-21(27)25-13-19(24-12-15-8-5-4-6-9-15)17-14-26(28)20-16(17)10-7-11-18(20)23/h4-12,14,19,26H,13H2,1-3H3,(H,25,27)/b24-12-. The normalized spacial score (nSPS) is 17.0. The van der Waals surface area contributed by atoms with Gasteiger partial charge in [-0.3, -0.25) is 4.99 Å². The van der Waals surface area contributed by atoms with Gasteiger partial charge in [0.2, 0.25) is 0 Å². The number of alkyl carbamates (subject to hydrolysis) is 1. The molecule has 1 aliphatic rings. The summed E-state index contributed by atoms with van der Waals surface area (Å²) in [6, 6.07) is 14.9. The molecule has 0 bridgehead atoms. The largest absolute Gasteiger partial charge is 0.624 e. The predicted octanol–water partition coefficient (Wildman–Crippen LogP) is 3.83. The van der Waals surface area contributed by atoms with E-state index < -0.39 is 17.7 Å². The minimum Gasteiger partial charge on any atom is -0.624 e. The van der Waals surface area contributed by atoms with Crippen molar-refractivity contribution in [1.82, 2.24) is 5.32 Å². The zero-order valence-corrected chi connectivity index (χ0v) is 18.2. The molecule has 0 aromatic heterocycles. The Bertz CT molecular complexity index is 936. The molecule has 2 N–H and O–H groups in total. The van der Waals surface area contributed by atoms with Gasteiger partial charge in [0, 0.05) is 23.9 Å². The number of carbonyl (C=O) groups excluding carboxylic acids is 1. The number of hydrogen-bond acceptors (Lipinski definition) is 4. The average molecular weight is 458 g/mol. The van der Waals surface area contributed by atoms with Crippen LogP contribution in [-0.4, -0.2) is 30.5 Å². The fourth-order valence-electron chi connectivity index (χ4n) is 3.03. The Balaban J connectivity index is 1.86. The smallest absolute Gasteiger partial charge is 0.407 e. The summed E-state index contributed by atoms with van der Waals surface area (Å²) in [7, 11) is 0. The van der Waals surface area contributed by atoms with Gasteiger partial charge in [-0.25, -0.2) is 4.79 Å². The quantitative estimate of drug-likeness (QED) is 0.528. The molecular formula is C22H24BrN3O3. The number of fused-ring (bicyclic) bond motifs is 1. The van der Waals surface area contributed by atoms with Crippen LogP contribution >= 0.6 is 15.9 Å². The summed E-state index contributed by atoms with van der Waals surface area (Å²) in [5.74, 6) is 0. The van der Waals surface area contributed by atoms with Crippen LogP contribution in [0.4, 0.5) is 10.5 Å². The molecule has 2 unspecified atom stereocenters. The number of hydrogen-bond donors (Lipinski definition) is 2. The first-order valence-electron chi connectivity index (χ1n) is 9.34. The van der Waals surface area contributed by atoms with Crippen molar-refractivity contribution < 1.29 is 14.6 Å². The van der Waals surface area contributed by atoms with Crippen molar-refractivity contribution in [2.75, 3.05) is 6.54 Å². The van der Waals surface area contributed by atoms with E-state index in [2.05, 4.69) is 26.2 Å². The van der Waals surface area contributed by atoms with Crippen LogP contribution in [0.5, 0.6) is 0 Å². The molecule has 6 nitrogen and oxygen atoms in total. The number of halogens is 1. The van der Waals surface area contributed by atoms with Crippen LogP contribution in [0.3, 0.4) is 0 Å². The van der Waals surface area contributed by atoms with Gasteiger partial charge in [-0.1, -0.05) is 36.4 Å². The molecule has 0 saturated carbocycles. The lowest BCUT2D eigenvalue weighted by molar-refractivity contribution is -0.711. The van der Waals surface area contributed by atoms with E-state index >= 15 is 0 Å². The van der Waals surface area contributed by atoms with E-state index in [1.165, 1.54) is 0 Å². The van der Waals surface area contributed by atoms with E-state index in [-0.39, 0.29) is 11.6 Å². The van der Waals surface area contributed by atoms with Crippen LogP contribution < -0.4 is 10.4 Å². The molecule has 0 fully saturated rings. The monoisotopic (exact) mass is 457 g/mol. The Morgan fingerprint density at radius 3 is 2.66 bits per heavy atom. The maximum absolute atomic E-state index is 12.5. The number of aliphatic imine (C=N–C) groups is 1. The first-order valence-corrected chi connectivity index (χ1v) is 10.1. The molecule has 2 aromatic carbocycles. The van der Waals surface area contributed by atoms with Crippen LogP contribution in [0.1, 0.15) is 31.9 Å². The van der Waals surface area contributed by atoms with Crippen LogP contribution in [-0.2, 0) is 4.74 Å². The van der Waals surface area contributed by atoms with Gasteiger partial charge in [0.1, 0.15) is 11.8 Å². The summed E-state index contributed by atoms with van der Waals surface area (Å²) >= 11 is 3.45. The second-order valence-corrected chi connectivity index (χ2v) is 8.57. The van der Waals surface area contributed by atoms with E-state index in [1.807, 2.05) is 69.3 Å². The van der Waals surface area contributed by atoms with Crippen LogP contribution in [0.25, 0.3) is 5.57 Å². The van der Waals surface area contributed by atoms with Gasteiger partial charge in [-0.2, -0.15) is 0 Å². The third-order valence-electron chi connectivity index (χ3n) is 4.26. The van der Waals surface area contributed by atoms with Crippen molar-refractivity contribution >= 4 is 39.5 Å². The van der Waals surface area contributed by atoms with E-state index in [1.54, 1.807) is 12.4 Å². The average Bonchev–Trinajstić information content (AvgIpc) is 2.99. The highest BCUT2D eigenvalue weighted by Gasteiger charge is 2.30. The van der Waals surface area contributed by atoms with Crippen molar-refractivity contribution in [2.45, 2.75) is 32.4 Å². The molecule has 0 spiro atoms. The number of para-hydroxylation sites is 1. The van der Waals surface area contributed by atoms with Gasteiger partial charge >= 0.3 is 6.09 Å². The molecule has 1 heterocycles. The number of carbonyl (C=O) groups is 1. The first kappa shape index (κ1) is 21.2. The minimum absolute atomic E-state index is 0.0698. The van der Waals surface area contributed by atoms with Crippen molar-refractivity contribution in [3.63, 3.8) is 0 Å². The van der Waals surface area contributed by atoms with Crippen molar-refractivity contribution in [3.05, 3.63) is 75.5 Å². The number of amides is 1. The number of ether oxygens (including phenoxy) is 1. The zero-order chi connectivity index (χ0) is 21.0. The number of nitrogens with zero attached hydrogens (tertiary/aromatic N) is 1. The Morgan fingerprint density at radius 1 is 1.24 bits per heavy atom. The SMILES string of the molecule is CC(C)(C)OC(=O)NCC(/N=C\c1ccccc1)C1=C[NH+]([O-])c2c(Br)cccc21. The van der Waals surface area contributed by atoms with Crippen molar-refractivity contribution in [3.8, 4) is 0 Å². The van der Waals surface area contributed by atoms with Crippen LogP contribution in [0.2, 0.25) is 0 Å². The summed E-state index contributed by atoms with van der Waals surface area (Å²) in [5, 5.41) is 15.2. The predicted molar refractivity (Wildman–Crippen MR) is 118 cm³/mol. The van der Waals surface area contributed by atoms with E-state index in [9.17, 15) is 10.0 Å². The fraction of sp³-hybridized carbons (Fsp3) is 0.273. The fourth-order valence-corrected chi connectivity index (χ4v) is 3.60. The third-order valence-corrected chi connectivity index (χ3v) is 4.92. The van der Waals surface area contributed by atoms with Gasteiger partial charge in [0.25, 0.3) is 0 Å². The molecule has 0 saturated heterocycles. The highest BCUT2D eigenvalue weighted by molar-refractivity contribution is 9.10. The molecule has 2 aromatic rings. The molecular weight excluding hydrogens is 434 g/mol. The number of nitrogens with one attached hydrogen (secondary N) is 2. The molecule has 1 aliphatic heterocycles. The summed E-state index contributed by atoms with van der Waals surface area (Å²) in [4.78, 5) is 16.8. The van der Waals surface area contributed by atoms with Crippen LogP contribution in [0.15, 0.2) is 64.2 Å². The lowest BCUT2D eigenvalue weighted by Gasteiger charge is -2.21. The molecule has 0 aliphatic carbocycles. The lowest BCUT2D eigenvalue weighted by atomic mass is 10.0. The minimum atomic E-state index is -0.590. The molecule has 2 atom stereocenters. The maximum atomic E-state index is 12.5. The maximum Gasteiger partial charge on any atom is 0.407 e. The Morgan fingerprint density at radius 2 is 1.97 bits per heavy atom. The third kappa shape index (κ3) is 5.53. The molecule has 3 rings (SSSR count). The molecule has 1 amide bonds. The molecule has 152 valence electrons. The number of quaternary nitrogens is 1. The summed E-state index contributed by atoms with van der Waals surface area (Å²) in [6.45, 7) is 5.64. The first-order chi connectivity index (χ1) is 13.7. The molecule has 7 heteroatoms. The highest BCUT2D eigenvalue weighted by atomic mass is 79.9. The van der Waals surface area contributed by atoms with E-state index in [4.69, 9.17) is 4.74 Å². The second kappa shape index (κ2) is 8.90. The Hall–Kier alpha value is -2.48. The summed E-state index contributed by atoms with van der Waals surface area (Å²) in [5.41, 5.74) is 2.57. The second-order valence-electron chi connectivity index (χ2n) is 7.71. The number of rotatable bonds is 5. The highest BCUT2D eigenvalue weighted by Crippen LogP contribution is 2.34. The van der Waals surface area contributed by atoms with Gasteiger partial charge in [0.15, 0.2) is 5.69 Å². The summed E-state index contributed by atoms with van der Waals surface area (Å²) in [6.07, 6.45) is 2.83. The summed E-state index contributed by atoms with van der Waals surface area (Å²) < 4.78 is 6.07. The van der Waals surface area contributed by atoms with E-state index in [0.717, 1.165) is 21.2 Å². The van der Waals surface area contributed by atoms with Crippen LogP contribution in [0, 0.1) is 5.21 Å². The van der Waals surface area contributed by atoms with Crippen molar-refractivity contribution in [2.24, 2.45) is 4.99 Å². The molecule has 29 heavy (non-hydrogen) atoms. The van der Waals surface area contributed by atoms with Gasteiger partial charge in [-0.15, -0.1) is 0 Å². The van der Waals surface area contributed by atoms with E-state index in [0.29, 0.717) is 5.69 Å². The lowest BCUT2D eigenvalue weighted by Crippen LogP contribution is -2.95. The van der Waals surface area contributed by atoms with Crippen molar-refractivity contribution in [1.29, 1.82) is 0 Å². The molecule has 0 radical (unpaired) electrons. The number of benzene rings is 2. The Kier molecular flexibility index (Phi) is 6.52.